The molecule has 0 aliphatic rings. The van der Waals surface area contributed by atoms with Gasteiger partial charge in [0.15, 0.2) is 0 Å². The zero-order valence-electron chi connectivity index (χ0n) is 10.1. The molecule has 6 heteroatoms. The highest BCUT2D eigenvalue weighted by molar-refractivity contribution is 6.04. The van der Waals surface area contributed by atoms with Gasteiger partial charge in [0.2, 0.25) is 0 Å². The van der Waals surface area contributed by atoms with Gasteiger partial charge in [0, 0.05) is 19.3 Å². The summed E-state index contributed by atoms with van der Waals surface area (Å²) in [5, 5.41) is 5.10. The van der Waals surface area contributed by atoms with E-state index in [2.05, 4.69) is 15.6 Å². The van der Waals surface area contributed by atoms with Crippen molar-refractivity contribution in [1.82, 2.24) is 4.98 Å². The highest BCUT2D eigenvalue weighted by atomic mass is 19.1. The van der Waals surface area contributed by atoms with E-state index < -0.39 is 17.5 Å². The Kier molecular flexibility index (Phi) is 3.70. The second-order valence-electron chi connectivity index (χ2n) is 3.76. The maximum atomic E-state index is 13.4. The highest BCUT2D eigenvalue weighted by Gasteiger charge is 2.10. The summed E-state index contributed by atoms with van der Waals surface area (Å²) in [5.41, 5.74) is 0.0466. The van der Waals surface area contributed by atoms with Gasteiger partial charge in [0.25, 0.3) is 5.91 Å². The molecule has 19 heavy (non-hydrogen) atoms. The SMILES string of the molecule is CNc1ccc(C(=O)Nc2cc(F)ccc2F)cn1. The Morgan fingerprint density at radius 2 is 2.00 bits per heavy atom. The molecule has 2 aromatic rings. The molecule has 0 bridgehead atoms. The molecule has 4 nitrogen and oxygen atoms in total. The molecule has 1 aromatic carbocycles. The van der Waals surface area contributed by atoms with Crippen LogP contribution in [0.5, 0.6) is 0 Å². The minimum absolute atomic E-state index is 0.206. The van der Waals surface area contributed by atoms with Crippen LogP contribution in [0.1, 0.15) is 10.4 Å². The maximum Gasteiger partial charge on any atom is 0.257 e. The van der Waals surface area contributed by atoms with Gasteiger partial charge in [0.1, 0.15) is 17.5 Å². The third kappa shape index (κ3) is 3.04. The van der Waals surface area contributed by atoms with E-state index in [1.807, 2.05) is 0 Å². The topological polar surface area (TPSA) is 54.0 Å². The highest BCUT2D eigenvalue weighted by Crippen LogP contribution is 2.16. The molecule has 2 rings (SSSR count). The number of halogens is 2. The van der Waals surface area contributed by atoms with Gasteiger partial charge in [-0.05, 0) is 24.3 Å². The number of amides is 1. The first kappa shape index (κ1) is 12.9. The Hall–Kier alpha value is -2.50. The summed E-state index contributed by atoms with van der Waals surface area (Å²) < 4.78 is 26.3. The van der Waals surface area contributed by atoms with Crippen molar-refractivity contribution in [3.63, 3.8) is 0 Å². The number of anilines is 2. The molecule has 98 valence electrons. The van der Waals surface area contributed by atoms with Crippen molar-refractivity contribution < 1.29 is 13.6 Å². The summed E-state index contributed by atoms with van der Waals surface area (Å²) >= 11 is 0. The molecule has 0 aliphatic heterocycles. The lowest BCUT2D eigenvalue weighted by Crippen LogP contribution is -2.13. The Bertz CT molecular complexity index is 599. The fourth-order valence-electron chi connectivity index (χ4n) is 1.46. The largest absolute Gasteiger partial charge is 0.373 e. The van der Waals surface area contributed by atoms with Crippen molar-refractivity contribution in [3.05, 3.63) is 53.7 Å². The van der Waals surface area contributed by atoms with E-state index in [1.165, 1.54) is 12.3 Å². The first-order valence-electron chi connectivity index (χ1n) is 5.50. The summed E-state index contributed by atoms with van der Waals surface area (Å²) in [6.07, 6.45) is 1.35. The van der Waals surface area contributed by atoms with E-state index in [-0.39, 0.29) is 11.3 Å². The monoisotopic (exact) mass is 263 g/mol. The van der Waals surface area contributed by atoms with Crippen molar-refractivity contribution in [1.29, 1.82) is 0 Å². The zero-order valence-corrected chi connectivity index (χ0v) is 10.1. The molecular formula is C13H11F2N3O. The number of carbonyl (C=O) groups is 1. The van der Waals surface area contributed by atoms with Crippen LogP contribution in [-0.4, -0.2) is 17.9 Å². The average molecular weight is 263 g/mol. The van der Waals surface area contributed by atoms with Crippen LogP contribution in [0.25, 0.3) is 0 Å². The molecular weight excluding hydrogens is 252 g/mol. The normalized spacial score (nSPS) is 10.1. The number of aromatic nitrogens is 1. The number of benzene rings is 1. The van der Waals surface area contributed by atoms with Crippen LogP contribution in [0, 0.1) is 11.6 Å². The number of carbonyl (C=O) groups excluding carboxylic acids is 1. The van der Waals surface area contributed by atoms with Crippen molar-refractivity contribution in [2.75, 3.05) is 17.7 Å². The standard InChI is InChI=1S/C13H11F2N3O/c1-16-12-5-2-8(7-17-12)13(19)18-11-6-9(14)3-4-10(11)15/h2-7H,1H3,(H,16,17)(H,18,19). The number of rotatable bonds is 3. The molecule has 1 heterocycles. The third-order valence-corrected chi connectivity index (χ3v) is 2.46. The lowest BCUT2D eigenvalue weighted by Gasteiger charge is -2.07. The Morgan fingerprint density at radius 3 is 2.63 bits per heavy atom. The van der Waals surface area contributed by atoms with E-state index >= 15 is 0 Å². The van der Waals surface area contributed by atoms with Gasteiger partial charge in [-0.1, -0.05) is 0 Å². The second kappa shape index (κ2) is 5.43. The predicted octanol–water partition coefficient (Wildman–Crippen LogP) is 2.65. The average Bonchev–Trinajstić information content (AvgIpc) is 2.43. The van der Waals surface area contributed by atoms with Gasteiger partial charge in [-0.15, -0.1) is 0 Å². The third-order valence-electron chi connectivity index (χ3n) is 2.46. The van der Waals surface area contributed by atoms with Crippen LogP contribution in [0.15, 0.2) is 36.5 Å². The first-order chi connectivity index (χ1) is 9.10. The molecule has 0 radical (unpaired) electrons. The van der Waals surface area contributed by atoms with Gasteiger partial charge in [-0.3, -0.25) is 4.79 Å². The van der Waals surface area contributed by atoms with E-state index in [0.29, 0.717) is 5.82 Å². The predicted molar refractivity (Wildman–Crippen MR) is 68.1 cm³/mol. The molecule has 0 fully saturated rings. The van der Waals surface area contributed by atoms with Crippen LogP contribution in [0.3, 0.4) is 0 Å². The van der Waals surface area contributed by atoms with Gasteiger partial charge in [0.05, 0.1) is 11.3 Å². The van der Waals surface area contributed by atoms with Gasteiger partial charge >= 0.3 is 0 Å². The fraction of sp³-hybridized carbons (Fsp3) is 0.0769. The van der Waals surface area contributed by atoms with Crippen molar-refractivity contribution >= 4 is 17.4 Å². The van der Waals surface area contributed by atoms with Crippen molar-refractivity contribution in [2.45, 2.75) is 0 Å². The van der Waals surface area contributed by atoms with Crippen LogP contribution in [-0.2, 0) is 0 Å². The summed E-state index contributed by atoms with van der Waals surface area (Å²) in [6.45, 7) is 0. The molecule has 2 N–H and O–H groups in total. The molecule has 0 saturated carbocycles. The number of nitrogens with one attached hydrogen (secondary N) is 2. The number of hydrogen-bond acceptors (Lipinski definition) is 3. The van der Waals surface area contributed by atoms with E-state index in [9.17, 15) is 13.6 Å². The summed E-state index contributed by atoms with van der Waals surface area (Å²) in [4.78, 5) is 15.8. The van der Waals surface area contributed by atoms with Crippen LogP contribution in [0.2, 0.25) is 0 Å². The molecule has 0 atom stereocenters. The number of pyridine rings is 1. The van der Waals surface area contributed by atoms with Crippen LogP contribution in [0.4, 0.5) is 20.3 Å². The van der Waals surface area contributed by atoms with Gasteiger partial charge in [-0.25, -0.2) is 13.8 Å². The van der Waals surface area contributed by atoms with E-state index in [1.54, 1.807) is 13.1 Å². The minimum Gasteiger partial charge on any atom is -0.373 e. The quantitative estimate of drug-likeness (QED) is 0.895. The summed E-state index contributed by atoms with van der Waals surface area (Å²) in [7, 11) is 1.70. The van der Waals surface area contributed by atoms with Crippen LogP contribution >= 0.6 is 0 Å². The minimum atomic E-state index is -0.699. The molecule has 1 aromatic heterocycles. The van der Waals surface area contributed by atoms with E-state index in [4.69, 9.17) is 0 Å². The van der Waals surface area contributed by atoms with Crippen LogP contribution < -0.4 is 10.6 Å². The zero-order chi connectivity index (χ0) is 13.8. The van der Waals surface area contributed by atoms with E-state index in [0.717, 1.165) is 18.2 Å². The van der Waals surface area contributed by atoms with Gasteiger partial charge in [-0.2, -0.15) is 0 Å². The smallest absolute Gasteiger partial charge is 0.257 e. The van der Waals surface area contributed by atoms with Crippen molar-refractivity contribution in [3.8, 4) is 0 Å². The lowest BCUT2D eigenvalue weighted by atomic mass is 10.2. The maximum absolute atomic E-state index is 13.4. The molecule has 0 aliphatic carbocycles. The number of hydrogen-bond donors (Lipinski definition) is 2. The number of nitrogens with zero attached hydrogens (tertiary/aromatic N) is 1. The summed E-state index contributed by atoms with van der Waals surface area (Å²) in [6, 6.07) is 5.99. The second-order valence-corrected chi connectivity index (χ2v) is 3.76. The Labute approximate surface area is 108 Å². The molecule has 1 amide bonds. The fourth-order valence-corrected chi connectivity index (χ4v) is 1.46. The lowest BCUT2D eigenvalue weighted by molar-refractivity contribution is 0.102. The first-order valence-corrected chi connectivity index (χ1v) is 5.50. The molecule has 0 unspecified atom stereocenters. The van der Waals surface area contributed by atoms with Crippen molar-refractivity contribution in [2.24, 2.45) is 0 Å². The Balaban J connectivity index is 2.18. The summed E-state index contributed by atoms with van der Waals surface area (Å²) in [5.74, 6) is -1.27. The molecule has 0 saturated heterocycles. The molecule has 0 spiro atoms. The van der Waals surface area contributed by atoms with Gasteiger partial charge < -0.3 is 10.6 Å². The Morgan fingerprint density at radius 1 is 1.21 bits per heavy atom.